The van der Waals surface area contributed by atoms with Crippen LogP contribution in [-0.2, 0) is 16.6 Å². The van der Waals surface area contributed by atoms with Crippen LogP contribution in [0.25, 0.3) is 11.0 Å². The summed E-state index contributed by atoms with van der Waals surface area (Å²) in [6, 6.07) is 11.6. The van der Waals surface area contributed by atoms with Gasteiger partial charge in [-0.3, -0.25) is 14.4 Å². The molecule has 1 amide bonds. The molecule has 1 aromatic heterocycles. The van der Waals surface area contributed by atoms with Crippen LogP contribution in [0.1, 0.15) is 29.3 Å². The van der Waals surface area contributed by atoms with Crippen LogP contribution in [0.3, 0.4) is 0 Å². The van der Waals surface area contributed by atoms with Gasteiger partial charge in [0.25, 0.3) is 5.91 Å². The first-order chi connectivity index (χ1) is 15.7. The minimum absolute atomic E-state index is 0.196. The van der Waals surface area contributed by atoms with Gasteiger partial charge in [0.05, 0.1) is 15.9 Å². The first-order valence-corrected chi connectivity index (χ1v) is 12.3. The second-order valence-corrected chi connectivity index (χ2v) is 10.0. The van der Waals surface area contributed by atoms with Crippen molar-refractivity contribution >= 4 is 27.0 Å². The Hall–Kier alpha value is -3.24. The Morgan fingerprint density at radius 1 is 1.00 bits per heavy atom. The second kappa shape index (κ2) is 8.95. The molecule has 0 saturated carbocycles. The standard InChI is InChI=1S/C23H26N4O5S/c1-3-27-20-10-7-17(15-19(20)24-21(28)23(27)30)22(29)25-11-4-12-26(14-13-25)33(31,32)18-8-5-16(2)6-9-18/h5-10,15H,3-4,11-14H2,1-2H3,(H,24,28). The zero-order valence-electron chi connectivity index (χ0n) is 18.6. The predicted octanol–water partition coefficient (Wildman–Crippen LogP) is 1.55. The maximum atomic E-state index is 13.2. The van der Waals surface area contributed by atoms with E-state index in [0.717, 1.165) is 5.56 Å². The van der Waals surface area contributed by atoms with Crippen LogP contribution in [0.15, 0.2) is 56.9 Å². The first kappa shape index (κ1) is 22.9. The fourth-order valence-electron chi connectivity index (χ4n) is 4.11. The number of nitrogens with one attached hydrogen (secondary N) is 1. The number of sulfonamides is 1. The number of aromatic nitrogens is 2. The lowest BCUT2D eigenvalue weighted by atomic mass is 10.1. The molecule has 0 spiro atoms. The Morgan fingerprint density at radius 3 is 2.42 bits per heavy atom. The van der Waals surface area contributed by atoms with Gasteiger partial charge in [0.2, 0.25) is 10.0 Å². The average Bonchev–Trinajstić information content (AvgIpc) is 3.06. The van der Waals surface area contributed by atoms with Crippen molar-refractivity contribution in [1.82, 2.24) is 18.8 Å². The Morgan fingerprint density at radius 2 is 1.73 bits per heavy atom. The molecule has 4 rings (SSSR count). The number of hydrogen-bond acceptors (Lipinski definition) is 5. The van der Waals surface area contributed by atoms with E-state index in [1.807, 2.05) is 6.92 Å². The Labute approximate surface area is 191 Å². The molecular weight excluding hydrogens is 444 g/mol. The minimum atomic E-state index is -3.64. The monoisotopic (exact) mass is 470 g/mol. The lowest BCUT2D eigenvalue weighted by Crippen LogP contribution is -2.37. The van der Waals surface area contributed by atoms with E-state index in [1.54, 1.807) is 54.3 Å². The van der Waals surface area contributed by atoms with Crippen LogP contribution in [0.4, 0.5) is 0 Å². The van der Waals surface area contributed by atoms with Gasteiger partial charge in [0.15, 0.2) is 0 Å². The molecule has 2 aromatic carbocycles. The highest BCUT2D eigenvalue weighted by molar-refractivity contribution is 7.89. The van der Waals surface area contributed by atoms with E-state index in [-0.39, 0.29) is 23.9 Å². The van der Waals surface area contributed by atoms with E-state index in [0.29, 0.717) is 42.7 Å². The Bertz CT molecular complexity index is 1420. The molecule has 0 atom stereocenters. The number of H-pyrrole nitrogens is 1. The lowest BCUT2D eigenvalue weighted by molar-refractivity contribution is 0.0764. The largest absolute Gasteiger partial charge is 0.337 e. The van der Waals surface area contributed by atoms with Crippen LogP contribution in [-0.4, -0.2) is 59.3 Å². The number of aryl methyl sites for hydroxylation is 2. The van der Waals surface area contributed by atoms with Crippen molar-refractivity contribution in [2.24, 2.45) is 0 Å². The number of amides is 1. The topological polar surface area (TPSA) is 113 Å². The van der Waals surface area contributed by atoms with E-state index in [4.69, 9.17) is 0 Å². The molecule has 0 aliphatic carbocycles. The van der Waals surface area contributed by atoms with Gasteiger partial charge in [0.1, 0.15) is 0 Å². The van der Waals surface area contributed by atoms with Crippen LogP contribution in [0.5, 0.6) is 0 Å². The van der Waals surface area contributed by atoms with Crippen LogP contribution < -0.4 is 11.1 Å². The summed E-state index contributed by atoms with van der Waals surface area (Å²) in [6.07, 6.45) is 0.511. The Kier molecular flexibility index (Phi) is 6.22. The molecule has 1 aliphatic rings. The number of hydrogen-bond donors (Lipinski definition) is 1. The summed E-state index contributed by atoms with van der Waals surface area (Å²) < 4.78 is 28.8. The third-order valence-corrected chi connectivity index (χ3v) is 7.85. The molecule has 0 unspecified atom stereocenters. The van der Waals surface area contributed by atoms with Crippen LogP contribution in [0.2, 0.25) is 0 Å². The molecule has 3 aromatic rings. The minimum Gasteiger partial charge on any atom is -0.337 e. The lowest BCUT2D eigenvalue weighted by Gasteiger charge is -2.22. The van der Waals surface area contributed by atoms with Gasteiger partial charge >= 0.3 is 11.1 Å². The molecule has 1 N–H and O–H groups in total. The summed E-state index contributed by atoms with van der Waals surface area (Å²) in [6.45, 7) is 5.21. The van der Waals surface area contributed by atoms with Gasteiger partial charge in [-0.15, -0.1) is 0 Å². The van der Waals surface area contributed by atoms with Crippen molar-refractivity contribution in [3.63, 3.8) is 0 Å². The molecule has 0 radical (unpaired) electrons. The van der Waals surface area contributed by atoms with Gasteiger partial charge in [-0.05, 0) is 50.6 Å². The zero-order chi connectivity index (χ0) is 23.8. The van der Waals surface area contributed by atoms with Crippen molar-refractivity contribution in [1.29, 1.82) is 0 Å². The van der Waals surface area contributed by atoms with E-state index in [1.165, 1.54) is 8.87 Å². The van der Waals surface area contributed by atoms with Gasteiger partial charge in [0, 0.05) is 38.3 Å². The average molecular weight is 471 g/mol. The maximum Gasteiger partial charge on any atom is 0.316 e. The molecule has 10 heteroatoms. The number of aromatic amines is 1. The van der Waals surface area contributed by atoms with E-state index >= 15 is 0 Å². The van der Waals surface area contributed by atoms with Crippen LogP contribution in [0, 0.1) is 6.92 Å². The highest BCUT2D eigenvalue weighted by Gasteiger charge is 2.28. The van der Waals surface area contributed by atoms with E-state index in [2.05, 4.69) is 4.98 Å². The molecular formula is C23H26N4O5S. The van der Waals surface area contributed by atoms with Crippen molar-refractivity contribution in [3.05, 3.63) is 74.3 Å². The third kappa shape index (κ3) is 4.36. The second-order valence-electron chi connectivity index (χ2n) is 8.10. The first-order valence-electron chi connectivity index (χ1n) is 10.9. The normalized spacial score (nSPS) is 15.5. The van der Waals surface area contributed by atoms with Gasteiger partial charge < -0.3 is 14.5 Å². The number of carbonyl (C=O) groups is 1. The molecule has 1 saturated heterocycles. The van der Waals surface area contributed by atoms with Crippen LogP contribution >= 0.6 is 0 Å². The van der Waals surface area contributed by atoms with Gasteiger partial charge in [-0.25, -0.2) is 8.42 Å². The van der Waals surface area contributed by atoms with Crippen molar-refractivity contribution in [3.8, 4) is 0 Å². The number of benzene rings is 2. The fraction of sp³-hybridized carbons (Fsp3) is 0.348. The van der Waals surface area contributed by atoms with Crippen molar-refractivity contribution in [2.75, 3.05) is 26.2 Å². The Balaban J connectivity index is 1.56. The third-order valence-electron chi connectivity index (χ3n) is 5.94. The molecule has 174 valence electrons. The van der Waals surface area contributed by atoms with Gasteiger partial charge in [-0.2, -0.15) is 4.31 Å². The molecule has 9 nitrogen and oxygen atoms in total. The quantitative estimate of drug-likeness (QED) is 0.582. The maximum absolute atomic E-state index is 13.2. The van der Waals surface area contributed by atoms with Crippen molar-refractivity contribution < 1.29 is 13.2 Å². The summed E-state index contributed by atoms with van der Waals surface area (Å²) in [5.41, 5.74) is 0.936. The SMILES string of the molecule is CCn1c(=O)c(=O)[nH]c2cc(C(=O)N3CCCN(S(=O)(=O)c4ccc(C)cc4)CC3)ccc21. The molecule has 1 aliphatic heterocycles. The summed E-state index contributed by atoms with van der Waals surface area (Å²) >= 11 is 0. The smallest absolute Gasteiger partial charge is 0.316 e. The predicted molar refractivity (Wildman–Crippen MR) is 125 cm³/mol. The van der Waals surface area contributed by atoms with Crippen molar-refractivity contribution in [2.45, 2.75) is 31.7 Å². The summed E-state index contributed by atoms with van der Waals surface area (Å²) in [4.78, 5) is 41.6. The number of nitrogens with zero attached hydrogens (tertiary/aromatic N) is 3. The summed E-state index contributed by atoms with van der Waals surface area (Å²) in [7, 11) is -3.64. The molecule has 1 fully saturated rings. The number of carbonyl (C=O) groups excluding carboxylic acids is 1. The van der Waals surface area contributed by atoms with E-state index < -0.39 is 21.1 Å². The number of rotatable bonds is 4. The molecule has 0 bridgehead atoms. The fourth-order valence-corrected chi connectivity index (χ4v) is 5.58. The highest BCUT2D eigenvalue weighted by atomic mass is 32.2. The van der Waals surface area contributed by atoms with E-state index in [9.17, 15) is 22.8 Å². The zero-order valence-corrected chi connectivity index (χ0v) is 19.4. The highest BCUT2D eigenvalue weighted by Crippen LogP contribution is 2.20. The van der Waals surface area contributed by atoms with Gasteiger partial charge in [-0.1, -0.05) is 17.7 Å². The summed E-state index contributed by atoms with van der Waals surface area (Å²) in [5.74, 6) is -0.249. The molecule has 2 heterocycles. The number of fused-ring (bicyclic) bond motifs is 1. The molecule has 33 heavy (non-hydrogen) atoms. The summed E-state index contributed by atoms with van der Waals surface area (Å²) in [5, 5.41) is 0.